The lowest BCUT2D eigenvalue weighted by Crippen LogP contribution is -2.30. The van der Waals surface area contributed by atoms with Crippen molar-refractivity contribution in [3.05, 3.63) is 52.5 Å². The Morgan fingerprint density at radius 1 is 1.09 bits per heavy atom. The normalized spacial score (nSPS) is 14.6. The summed E-state index contributed by atoms with van der Waals surface area (Å²) in [7, 11) is 0. The lowest BCUT2D eigenvalue weighted by molar-refractivity contribution is 0.102. The predicted molar refractivity (Wildman–Crippen MR) is 99.0 cm³/mol. The summed E-state index contributed by atoms with van der Waals surface area (Å²) in [5, 5.41) is 3.01. The van der Waals surface area contributed by atoms with Gasteiger partial charge in [-0.15, -0.1) is 0 Å². The van der Waals surface area contributed by atoms with Gasteiger partial charge in [-0.1, -0.05) is 22.0 Å². The number of rotatable bonds is 3. The molecule has 1 saturated heterocycles. The first kappa shape index (κ1) is 15.9. The maximum atomic E-state index is 12.5. The maximum absolute atomic E-state index is 12.5. The Balaban J connectivity index is 1.86. The molecule has 2 aromatic rings. The van der Waals surface area contributed by atoms with Crippen LogP contribution in [0.25, 0.3) is 0 Å². The largest absolute Gasteiger partial charge is 0.399 e. The number of nitrogen functional groups attached to an aromatic ring is 1. The molecule has 0 radical (unpaired) electrons. The van der Waals surface area contributed by atoms with Gasteiger partial charge in [-0.2, -0.15) is 0 Å². The smallest absolute Gasteiger partial charge is 0.255 e. The molecule has 0 aliphatic carbocycles. The van der Waals surface area contributed by atoms with E-state index in [1.54, 1.807) is 6.07 Å². The molecular formula is C18H20BrN3O. The zero-order valence-corrected chi connectivity index (χ0v) is 14.5. The highest BCUT2D eigenvalue weighted by Crippen LogP contribution is 2.31. The van der Waals surface area contributed by atoms with E-state index in [1.165, 1.54) is 19.3 Å². The van der Waals surface area contributed by atoms with Crippen LogP contribution >= 0.6 is 15.9 Å². The van der Waals surface area contributed by atoms with E-state index < -0.39 is 0 Å². The minimum atomic E-state index is -0.129. The Hall–Kier alpha value is -2.01. The molecule has 1 aliphatic heterocycles. The monoisotopic (exact) mass is 373 g/mol. The van der Waals surface area contributed by atoms with Crippen molar-refractivity contribution in [3.8, 4) is 0 Å². The average Bonchev–Trinajstić information content (AvgIpc) is 2.56. The van der Waals surface area contributed by atoms with Crippen LogP contribution in [-0.4, -0.2) is 19.0 Å². The van der Waals surface area contributed by atoms with Gasteiger partial charge >= 0.3 is 0 Å². The second kappa shape index (κ2) is 7.04. The highest BCUT2D eigenvalue weighted by molar-refractivity contribution is 9.10. The fourth-order valence-corrected chi connectivity index (χ4v) is 3.29. The van der Waals surface area contributed by atoms with Gasteiger partial charge in [-0.05, 0) is 55.7 Å². The third kappa shape index (κ3) is 3.85. The van der Waals surface area contributed by atoms with Crippen LogP contribution in [0.1, 0.15) is 29.6 Å². The number of nitrogens with two attached hydrogens (primary N) is 1. The van der Waals surface area contributed by atoms with Crippen molar-refractivity contribution in [1.82, 2.24) is 0 Å². The summed E-state index contributed by atoms with van der Waals surface area (Å²) in [5.41, 5.74) is 9.00. The molecule has 1 amide bonds. The van der Waals surface area contributed by atoms with Crippen molar-refractivity contribution in [1.29, 1.82) is 0 Å². The van der Waals surface area contributed by atoms with E-state index in [1.807, 2.05) is 36.4 Å². The summed E-state index contributed by atoms with van der Waals surface area (Å²) in [6, 6.07) is 13.1. The number of benzene rings is 2. The van der Waals surface area contributed by atoms with E-state index in [4.69, 9.17) is 5.73 Å². The Kier molecular flexibility index (Phi) is 4.86. The fourth-order valence-electron chi connectivity index (χ4n) is 2.89. The second-order valence-electron chi connectivity index (χ2n) is 5.79. The molecule has 2 aromatic carbocycles. The molecule has 23 heavy (non-hydrogen) atoms. The number of amides is 1. The molecule has 0 atom stereocenters. The summed E-state index contributed by atoms with van der Waals surface area (Å²) < 4.78 is 0.883. The van der Waals surface area contributed by atoms with Gasteiger partial charge in [0, 0.05) is 28.8 Å². The Labute approximate surface area is 144 Å². The van der Waals surface area contributed by atoms with Gasteiger partial charge in [-0.25, -0.2) is 0 Å². The SMILES string of the molecule is Nc1ccc(N2CCCCC2)c(NC(=O)c2cccc(Br)c2)c1. The summed E-state index contributed by atoms with van der Waals surface area (Å²) >= 11 is 3.40. The standard InChI is InChI=1S/C18H20BrN3O/c19-14-6-4-5-13(11-14)18(23)21-16-12-15(20)7-8-17(16)22-9-2-1-3-10-22/h4-8,11-12H,1-3,9-10,20H2,(H,21,23). The molecule has 1 aliphatic rings. The van der Waals surface area contributed by atoms with Crippen molar-refractivity contribution < 1.29 is 4.79 Å². The number of nitrogens with zero attached hydrogens (tertiary/aromatic N) is 1. The van der Waals surface area contributed by atoms with Gasteiger partial charge in [0.25, 0.3) is 5.91 Å². The number of carbonyl (C=O) groups is 1. The van der Waals surface area contributed by atoms with Crippen LogP contribution in [0.4, 0.5) is 17.1 Å². The number of hydrogen-bond donors (Lipinski definition) is 2. The molecule has 0 aromatic heterocycles. The molecule has 5 heteroatoms. The first-order valence-corrected chi connectivity index (χ1v) is 8.64. The van der Waals surface area contributed by atoms with Crippen molar-refractivity contribution >= 4 is 38.9 Å². The van der Waals surface area contributed by atoms with Gasteiger partial charge in [0.05, 0.1) is 11.4 Å². The number of carbonyl (C=O) groups excluding carboxylic acids is 1. The van der Waals surface area contributed by atoms with Gasteiger partial charge in [0.1, 0.15) is 0 Å². The first-order valence-electron chi connectivity index (χ1n) is 7.85. The zero-order chi connectivity index (χ0) is 16.2. The Bertz CT molecular complexity index is 711. The number of hydrogen-bond acceptors (Lipinski definition) is 3. The number of anilines is 3. The fraction of sp³-hybridized carbons (Fsp3) is 0.278. The van der Waals surface area contributed by atoms with E-state index in [0.717, 1.165) is 28.9 Å². The zero-order valence-electron chi connectivity index (χ0n) is 12.9. The van der Waals surface area contributed by atoms with Crippen molar-refractivity contribution in [2.45, 2.75) is 19.3 Å². The lowest BCUT2D eigenvalue weighted by atomic mass is 10.1. The summed E-state index contributed by atoms with van der Waals surface area (Å²) in [5.74, 6) is -0.129. The molecule has 0 bridgehead atoms. The minimum absolute atomic E-state index is 0.129. The molecular weight excluding hydrogens is 354 g/mol. The number of nitrogens with one attached hydrogen (secondary N) is 1. The topological polar surface area (TPSA) is 58.4 Å². The van der Waals surface area contributed by atoms with Crippen molar-refractivity contribution in [3.63, 3.8) is 0 Å². The molecule has 0 saturated carbocycles. The van der Waals surface area contributed by atoms with Gasteiger partial charge in [0.2, 0.25) is 0 Å². The Morgan fingerprint density at radius 2 is 1.87 bits per heavy atom. The maximum Gasteiger partial charge on any atom is 0.255 e. The molecule has 1 fully saturated rings. The second-order valence-corrected chi connectivity index (χ2v) is 6.70. The summed E-state index contributed by atoms with van der Waals surface area (Å²) in [4.78, 5) is 14.8. The van der Waals surface area contributed by atoms with Crippen molar-refractivity contribution in [2.75, 3.05) is 29.0 Å². The van der Waals surface area contributed by atoms with Gasteiger partial charge in [-0.3, -0.25) is 4.79 Å². The molecule has 3 N–H and O–H groups in total. The van der Waals surface area contributed by atoms with E-state index in [-0.39, 0.29) is 5.91 Å². The summed E-state index contributed by atoms with van der Waals surface area (Å²) in [6.07, 6.45) is 3.64. The van der Waals surface area contributed by atoms with Gasteiger partial charge in [0.15, 0.2) is 0 Å². The number of halogens is 1. The lowest BCUT2D eigenvalue weighted by Gasteiger charge is -2.30. The third-order valence-corrected chi connectivity index (χ3v) is 4.55. The van der Waals surface area contributed by atoms with Crippen LogP contribution in [-0.2, 0) is 0 Å². The highest BCUT2D eigenvalue weighted by atomic mass is 79.9. The van der Waals surface area contributed by atoms with Crippen LogP contribution in [0.15, 0.2) is 46.9 Å². The Morgan fingerprint density at radius 3 is 2.61 bits per heavy atom. The predicted octanol–water partition coefficient (Wildman–Crippen LogP) is 4.27. The van der Waals surface area contributed by atoms with E-state index >= 15 is 0 Å². The quantitative estimate of drug-likeness (QED) is 0.789. The van der Waals surface area contributed by atoms with Crippen LogP contribution < -0.4 is 16.0 Å². The molecule has 4 nitrogen and oxygen atoms in total. The summed E-state index contributed by atoms with van der Waals surface area (Å²) in [6.45, 7) is 2.04. The molecule has 120 valence electrons. The minimum Gasteiger partial charge on any atom is -0.399 e. The van der Waals surface area contributed by atoms with Crippen LogP contribution in [0.3, 0.4) is 0 Å². The van der Waals surface area contributed by atoms with Crippen molar-refractivity contribution in [2.24, 2.45) is 0 Å². The molecule has 0 unspecified atom stereocenters. The van der Waals surface area contributed by atoms with E-state index in [2.05, 4.69) is 26.1 Å². The van der Waals surface area contributed by atoms with E-state index in [9.17, 15) is 4.79 Å². The molecule has 0 spiro atoms. The highest BCUT2D eigenvalue weighted by Gasteiger charge is 2.16. The van der Waals surface area contributed by atoms with Crippen LogP contribution in [0, 0.1) is 0 Å². The third-order valence-electron chi connectivity index (χ3n) is 4.05. The first-order chi connectivity index (χ1) is 11.1. The average molecular weight is 374 g/mol. The molecule has 1 heterocycles. The van der Waals surface area contributed by atoms with Gasteiger partial charge < -0.3 is 16.0 Å². The van der Waals surface area contributed by atoms with E-state index in [0.29, 0.717) is 11.3 Å². The van der Waals surface area contributed by atoms with Crippen LogP contribution in [0.5, 0.6) is 0 Å². The number of piperidine rings is 1. The molecule has 3 rings (SSSR count). The van der Waals surface area contributed by atoms with Crippen LogP contribution in [0.2, 0.25) is 0 Å².